The maximum Gasteiger partial charge on any atom is 0.417 e. The lowest BCUT2D eigenvalue weighted by Gasteiger charge is -2.30. The highest BCUT2D eigenvalue weighted by Gasteiger charge is 2.32. The van der Waals surface area contributed by atoms with Crippen LogP contribution in [0.25, 0.3) is 0 Å². The number of nitrogens with two attached hydrogens (primary N) is 1. The van der Waals surface area contributed by atoms with Gasteiger partial charge in [-0.1, -0.05) is 0 Å². The van der Waals surface area contributed by atoms with Crippen LogP contribution in [0.2, 0.25) is 0 Å². The van der Waals surface area contributed by atoms with E-state index in [1.165, 1.54) is 6.07 Å². The van der Waals surface area contributed by atoms with Crippen LogP contribution in [0.4, 0.5) is 18.9 Å². The monoisotopic (exact) mass is 259 g/mol. The van der Waals surface area contributed by atoms with Gasteiger partial charge in [-0.3, -0.25) is 4.98 Å². The number of aromatic nitrogens is 1. The first-order valence-electron chi connectivity index (χ1n) is 6.03. The highest BCUT2D eigenvalue weighted by Crippen LogP contribution is 2.33. The van der Waals surface area contributed by atoms with Gasteiger partial charge in [0.15, 0.2) is 0 Å². The summed E-state index contributed by atoms with van der Waals surface area (Å²) in [6.07, 6.45) is -0.373. The van der Waals surface area contributed by atoms with Crippen molar-refractivity contribution in [3.63, 3.8) is 0 Å². The molecule has 1 aliphatic rings. The predicted molar refractivity (Wildman–Crippen MR) is 63.2 cm³/mol. The molecular formula is C12H16F3N3. The van der Waals surface area contributed by atoms with Gasteiger partial charge in [-0.15, -0.1) is 0 Å². The number of hydrogen-bond acceptors (Lipinski definition) is 3. The third kappa shape index (κ3) is 2.75. The van der Waals surface area contributed by atoms with Crippen molar-refractivity contribution in [1.82, 2.24) is 4.98 Å². The maximum absolute atomic E-state index is 12.7. The minimum atomic E-state index is -4.36. The molecule has 2 rings (SSSR count). The topological polar surface area (TPSA) is 42.1 Å². The average Bonchev–Trinajstić information content (AvgIpc) is 2.38. The number of alkyl halides is 3. The quantitative estimate of drug-likeness (QED) is 0.887. The van der Waals surface area contributed by atoms with Gasteiger partial charge in [0.2, 0.25) is 0 Å². The van der Waals surface area contributed by atoms with Crippen molar-refractivity contribution in [3.05, 3.63) is 23.5 Å². The smallest absolute Gasteiger partial charge is 0.370 e. The number of hydrogen-bond donors (Lipinski definition) is 1. The number of nitrogens with zero attached hydrogens (tertiary/aromatic N) is 2. The zero-order valence-corrected chi connectivity index (χ0v) is 10.0. The molecule has 0 unspecified atom stereocenters. The van der Waals surface area contributed by atoms with E-state index >= 15 is 0 Å². The van der Waals surface area contributed by atoms with Crippen LogP contribution in [0.15, 0.2) is 12.3 Å². The van der Waals surface area contributed by atoms with Gasteiger partial charge in [0.1, 0.15) is 0 Å². The van der Waals surface area contributed by atoms with Crippen LogP contribution in [0.1, 0.15) is 30.5 Å². The largest absolute Gasteiger partial charge is 0.417 e. The van der Waals surface area contributed by atoms with Crippen LogP contribution in [-0.4, -0.2) is 18.1 Å². The van der Waals surface area contributed by atoms with E-state index in [0.29, 0.717) is 11.4 Å². The molecule has 2 heterocycles. The first kappa shape index (κ1) is 13.1. The van der Waals surface area contributed by atoms with Gasteiger partial charge < -0.3 is 10.6 Å². The van der Waals surface area contributed by atoms with Gasteiger partial charge in [-0.25, -0.2) is 0 Å². The van der Waals surface area contributed by atoms with Crippen LogP contribution in [0.5, 0.6) is 0 Å². The van der Waals surface area contributed by atoms with Crippen molar-refractivity contribution in [3.8, 4) is 0 Å². The van der Waals surface area contributed by atoms with Crippen LogP contribution in [0.3, 0.4) is 0 Å². The van der Waals surface area contributed by atoms with E-state index in [9.17, 15) is 13.2 Å². The van der Waals surface area contributed by atoms with Gasteiger partial charge in [0, 0.05) is 25.8 Å². The molecule has 1 aromatic rings. The summed E-state index contributed by atoms with van der Waals surface area (Å²) in [4.78, 5) is 5.80. The molecule has 0 amide bonds. The molecule has 6 heteroatoms. The highest BCUT2D eigenvalue weighted by atomic mass is 19.4. The fraction of sp³-hybridized carbons (Fsp3) is 0.583. The van der Waals surface area contributed by atoms with Crippen molar-refractivity contribution >= 4 is 5.69 Å². The van der Waals surface area contributed by atoms with Crippen molar-refractivity contribution in [2.45, 2.75) is 32.0 Å². The van der Waals surface area contributed by atoms with Crippen LogP contribution in [0, 0.1) is 0 Å². The zero-order chi connectivity index (χ0) is 13.2. The summed E-state index contributed by atoms with van der Waals surface area (Å²) in [5.41, 5.74) is 5.90. The minimum Gasteiger partial charge on any atom is -0.370 e. The second-order valence-electron chi connectivity index (χ2n) is 4.44. The van der Waals surface area contributed by atoms with E-state index in [2.05, 4.69) is 4.98 Å². The van der Waals surface area contributed by atoms with E-state index in [1.54, 1.807) is 0 Å². The number of halogens is 3. The number of piperidine rings is 1. The Morgan fingerprint density at radius 3 is 2.44 bits per heavy atom. The standard InChI is InChI=1S/C12H16F3N3/c13-12(14,15)9-6-11(10(7-16)17-8-9)18-4-2-1-3-5-18/h6,8H,1-5,7,16H2. The van der Waals surface area contributed by atoms with Crippen molar-refractivity contribution in [1.29, 1.82) is 0 Å². The van der Waals surface area contributed by atoms with Gasteiger partial charge in [-0.05, 0) is 25.3 Å². The molecule has 18 heavy (non-hydrogen) atoms. The number of pyridine rings is 1. The first-order valence-corrected chi connectivity index (χ1v) is 6.03. The Kier molecular flexibility index (Phi) is 3.75. The maximum atomic E-state index is 12.7. The Balaban J connectivity index is 2.35. The molecule has 0 spiro atoms. The lowest BCUT2D eigenvalue weighted by atomic mass is 10.1. The van der Waals surface area contributed by atoms with E-state index < -0.39 is 11.7 Å². The highest BCUT2D eigenvalue weighted by molar-refractivity contribution is 5.53. The average molecular weight is 259 g/mol. The first-order chi connectivity index (χ1) is 8.52. The van der Waals surface area contributed by atoms with Gasteiger partial charge in [0.05, 0.1) is 16.9 Å². The summed E-state index contributed by atoms with van der Waals surface area (Å²) in [5, 5.41) is 0. The van der Waals surface area contributed by atoms with E-state index in [0.717, 1.165) is 38.5 Å². The molecule has 1 aromatic heterocycles. The second-order valence-corrected chi connectivity index (χ2v) is 4.44. The fourth-order valence-electron chi connectivity index (χ4n) is 2.20. The lowest BCUT2D eigenvalue weighted by molar-refractivity contribution is -0.137. The fourth-order valence-corrected chi connectivity index (χ4v) is 2.20. The van der Waals surface area contributed by atoms with E-state index in [4.69, 9.17) is 5.73 Å². The molecule has 2 N–H and O–H groups in total. The molecule has 1 saturated heterocycles. The Morgan fingerprint density at radius 1 is 1.22 bits per heavy atom. The summed E-state index contributed by atoms with van der Waals surface area (Å²) in [6, 6.07) is 1.17. The van der Waals surface area contributed by atoms with Crippen molar-refractivity contribution in [2.75, 3.05) is 18.0 Å². The number of anilines is 1. The third-order valence-electron chi connectivity index (χ3n) is 3.16. The molecule has 100 valence electrons. The summed E-state index contributed by atoms with van der Waals surface area (Å²) in [6.45, 7) is 1.70. The van der Waals surface area contributed by atoms with Gasteiger partial charge in [-0.2, -0.15) is 13.2 Å². The molecule has 0 radical (unpaired) electrons. The zero-order valence-electron chi connectivity index (χ0n) is 10.0. The summed E-state index contributed by atoms with van der Waals surface area (Å²) >= 11 is 0. The Hall–Kier alpha value is -1.30. The van der Waals surface area contributed by atoms with Crippen LogP contribution >= 0.6 is 0 Å². The van der Waals surface area contributed by atoms with Gasteiger partial charge >= 0.3 is 6.18 Å². The molecule has 1 fully saturated rings. The molecular weight excluding hydrogens is 243 g/mol. The van der Waals surface area contributed by atoms with Crippen LogP contribution < -0.4 is 10.6 Å². The van der Waals surface area contributed by atoms with Crippen molar-refractivity contribution < 1.29 is 13.2 Å². The lowest BCUT2D eigenvalue weighted by Crippen LogP contribution is -2.31. The molecule has 3 nitrogen and oxygen atoms in total. The van der Waals surface area contributed by atoms with Gasteiger partial charge in [0.25, 0.3) is 0 Å². The summed E-state index contributed by atoms with van der Waals surface area (Å²) < 4.78 is 38.0. The molecule has 0 aromatic carbocycles. The summed E-state index contributed by atoms with van der Waals surface area (Å²) in [7, 11) is 0. The minimum absolute atomic E-state index is 0.157. The number of rotatable bonds is 2. The molecule has 0 saturated carbocycles. The predicted octanol–water partition coefficient (Wildman–Crippen LogP) is 2.55. The van der Waals surface area contributed by atoms with Crippen molar-refractivity contribution in [2.24, 2.45) is 5.73 Å². The third-order valence-corrected chi connectivity index (χ3v) is 3.16. The SMILES string of the molecule is NCc1ncc(C(F)(F)F)cc1N1CCCCC1. The molecule has 0 atom stereocenters. The Morgan fingerprint density at radius 2 is 1.89 bits per heavy atom. The van der Waals surface area contributed by atoms with E-state index in [-0.39, 0.29) is 6.54 Å². The molecule has 0 aliphatic carbocycles. The Labute approximate surface area is 104 Å². The molecule has 1 aliphatic heterocycles. The Bertz CT molecular complexity index is 412. The van der Waals surface area contributed by atoms with Crippen LogP contribution in [-0.2, 0) is 12.7 Å². The summed E-state index contributed by atoms with van der Waals surface area (Å²) in [5.74, 6) is 0. The molecule has 0 bridgehead atoms. The normalized spacial score (nSPS) is 17.0. The van der Waals surface area contributed by atoms with E-state index in [1.807, 2.05) is 4.90 Å². The second kappa shape index (κ2) is 5.14.